The molecule has 0 aliphatic carbocycles. The molecule has 2 saturated heterocycles. The molecule has 0 radical (unpaired) electrons. The molecule has 2 unspecified atom stereocenters. The van der Waals surface area contributed by atoms with E-state index in [0.29, 0.717) is 36.2 Å². The van der Waals surface area contributed by atoms with E-state index in [1.54, 1.807) is 6.07 Å². The molecule has 2 aliphatic heterocycles. The van der Waals surface area contributed by atoms with Crippen LogP contribution in [0.15, 0.2) is 10.6 Å². The number of likely N-dealkylation sites (N-methyl/N-ethyl adjacent to an activating group) is 1. The van der Waals surface area contributed by atoms with Crippen molar-refractivity contribution in [2.24, 2.45) is 0 Å². The van der Waals surface area contributed by atoms with Crippen molar-refractivity contribution in [2.45, 2.75) is 57.7 Å². The Balaban J connectivity index is 1.55. The van der Waals surface area contributed by atoms with Gasteiger partial charge in [-0.3, -0.25) is 9.69 Å². The second-order valence-corrected chi connectivity index (χ2v) is 6.20. The molecular formula is C15H24N4O2. The summed E-state index contributed by atoms with van der Waals surface area (Å²) in [5.74, 6) is 1.18. The number of aryl methyl sites for hydroxylation is 1. The minimum Gasteiger partial charge on any atom is -0.360 e. The zero-order valence-corrected chi connectivity index (χ0v) is 12.8. The predicted molar refractivity (Wildman–Crippen MR) is 80.1 cm³/mol. The lowest BCUT2D eigenvalue weighted by atomic mass is 9.98. The van der Waals surface area contributed by atoms with Gasteiger partial charge in [-0.25, -0.2) is 0 Å². The molecule has 2 aliphatic rings. The summed E-state index contributed by atoms with van der Waals surface area (Å²) in [6.07, 6.45) is 4.87. The molecule has 6 heteroatoms. The van der Waals surface area contributed by atoms with Crippen LogP contribution >= 0.6 is 0 Å². The van der Waals surface area contributed by atoms with E-state index >= 15 is 0 Å². The number of carbonyl (C=O) groups is 1. The standard InChI is InChI=1S/C15H24N4O2/c1-3-19(13-7-11-4-5-12(8-13)16-11)9-15(20)17-14-6-10(2)21-18-14/h6,11-13,16H,3-5,7-9H2,1-2H3,(H,17,18,20). The molecule has 0 saturated carbocycles. The maximum atomic E-state index is 12.2. The summed E-state index contributed by atoms with van der Waals surface area (Å²) in [7, 11) is 0. The van der Waals surface area contributed by atoms with E-state index in [9.17, 15) is 4.79 Å². The fraction of sp³-hybridized carbons (Fsp3) is 0.733. The third kappa shape index (κ3) is 3.44. The van der Waals surface area contributed by atoms with Crippen LogP contribution in [-0.4, -0.2) is 47.2 Å². The number of fused-ring (bicyclic) bond motifs is 2. The minimum absolute atomic E-state index is 0.0176. The van der Waals surface area contributed by atoms with Crippen LogP contribution in [0.2, 0.25) is 0 Å². The van der Waals surface area contributed by atoms with Crippen molar-refractivity contribution < 1.29 is 9.32 Å². The van der Waals surface area contributed by atoms with Crippen molar-refractivity contribution >= 4 is 11.7 Å². The molecule has 1 aromatic rings. The Morgan fingerprint density at radius 2 is 2.19 bits per heavy atom. The van der Waals surface area contributed by atoms with Gasteiger partial charge in [0.1, 0.15) is 5.76 Å². The van der Waals surface area contributed by atoms with E-state index in [4.69, 9.17) is 4.52 Å². The third-order valence-electron chi connectivity index (χ3n) is 4.61. The molecular weight excluding hydrogens is 268 g/mol. The first-order chi connectivity index (χ1) is 10.1. The van der Waals surface area contributed by atoms with E-state index in [1.165, 1.54) is 12.8 Å². The number of rotatable bonds is 5. The number of hydrogen-bond donors (Lipinski definition) is 2. The molecule has 2 fully saturated rings. The Kier molecular flexibility index (Phi) is 4.26. The fourth-order valence-electron chi connectivity index (χ4n) is 3.62. The minimum atomic E-state index is -0.0176. The first-order valence-corrected chi connectivity index (χ1v) is 7.87. The van der Waals surface area contributed by atoms with Crippen molar-refractivity contribution in [3.8, 4) is 0 Å². The van der Waals surface area contributed by atoms with Crippen LogP contribution < -0.4 is 10.6 Å². The highest BCUT2D eigenvalue weighted by atomic mass is 16.5. The lowest BCUT2D eigenvalue weighted by molar-refractivity contribution is -0.118. The highest BCUT2D eigenvalue weighted by molar-refractivity contribution is 5.91. The zero-order valence-electron chi connectivity index (χ0n) is 12.8. The molecule has 2 atom stereocenters. The molecule has 6 nitrogen and oxygen atoms in total. The monoisotopic (exact) mass is 292 g/mol. The second kappa shape index (κ2) is 6.15. The van der Waals surface area contributed by atoms with E-state index in [-0.39, 0.29) is 5.91 Å². The van der Waals surface area contributed by atoms with Crippen LogP contribution in [0.1, 0.15) is 38.4 Å². The molecule has 0 spiro atoms. The van der Waals surface area contributed by atoms with Crippen LogP contribution in [0.5, 0.6) is 0 Å². The number of aromatic nitrogens is 1. The van der Waals surface area contributed by atoms with Crippen LogP contribution in [0, 0.1) is 6.92 Å². The molecule has 1 amide bonds. The summed E-state index contributed by atoms with van der Waals surface area (Å²) >= 11 is 0. The van der Waals surface area contributed by atoms with Gasteiger partial charge in [0.25, 0.3) is 0 Å². The number of piperidine rings is 1. The molecule has 3 rings (SSSR count). The van der Waals surface area contributed by atoms with Crippen molar-refractivity contribution in [3.05, 3.63) is 11.8 Å². The number of amides is 1. The average molecular weight is 292 g/mol. The maximum Gasteiger partial charge on any atom is 0.239 e. The Bertz CT molecular complexity index is 490. The van der Waals surface area contributed by atoms with Gasteiger partial charge in [0.2, 0.25) is 5.91 Å². The largest absolute Gasteiger partial charge is 0.360 e. The van der Waals surface area contributed by atoms with Crippen LogP contribution in [0.25, 0.3) is 0 Å². The molecule has 2 bridgehead atoms. The summed E-state index contributed by atoms with van der Waals surface area (Å²) in [4.78, 5) is 14.4. The highest BCUT2D eigenvalue weighted by Crippen LogP contribution is 2.29. The fourth-order valence-corrected chi connectivity index (χ4v) is 3.62. The van der Waals surface area contributed by atoms with Gasteiger partial charge >= 0.3 is 0 Å². The Labute approximate surface area is 125 Å². The Morgan fingerprint density at radius 3 is 2.76 bits per heavy atom. The zero-order chi connectivity index (χ0) is 14.8. The van der Waals surface area contributed by atoms with Gasteiger partial charge in [-0.1, -0.05) is 12.1 Å². The Morgan fingerprint density at radius 1 is 1.48 bits per heavy atom. The second-order valence-electron chi connectivity index (χ2n) is 6.20. The van der Waals surface area contributed by atoms with Gasteiger partial charge in [-0.2, -0.15) is 0 Å². The summed E-state index contributed by atoms with van der Waals surface area (Å²) in [5, 5.41) is 10.2. The van der Waals surface area contributed by atoms with Gasteiger partial charge in [-0.15, -0.1) is 0 Å². The number of carbonyl (C=O) groups excluding carboxylic acids is 1. The molecule has 0 aromatic carbocycles. The van der Waals surface area contributed by atoms with Crippen LogP contribution in [0.3, 0.4) is 0 Å². The van der Waals surface area contributed by atoms with E-state index in [0.717, 1.165) is 19.4 Å². The van der Waals surface area contributed by atoms with Gasteiger partial charge in [0, 0.05) is 24.2 Å². The van der Waals surface area contributed by atoms with Crippen LogP contribution in [-0.2, 0) is 4.79 Å². The predicted octanol–water partition coefficient (Wildman–Crippen LogP) is 1.53. The average Bonchev–Trinajstić information content (AvgIpc) is 3.01. The van der Waals surface area contributed by atoms with Gasteiger partial charge in [0.15, 0.2) is 5.82 Å². The normalized spacial score (nSPS) is 28.0. The molecule has 1 aromatic heterocycles. The summed E-state index contributed by atoms with van der Waals surface area (Å²) < 4.78 is 4.96. The highest BCUT2D eigenvalue weighted by Gasteiger charge is 2.36. The van der Waals surface area contributed by atoms with Gasteiger partial charge < -0.3 is 15.2 Å². The first kappa shape index (κ1) is 14.5. The van der Waals surface area contributed by atoms with Crippen LogP contribution in [0.4, 0.5) is 5.82 Å². The van der Waals surface area contributed by atoms with Crippen molar-refractivity contribution in [3.63, 3.8) is 0 Å². The number of nitrogens with zero attached hydrogens (tertiary/aromatic N) is 2. The van der Waals surface area contributed by atoms with Crippen molar-refractivity contribution in [2.75, 3.05) is 18.4 Å². The van der Waals surface area contributed by atoms with Crippen molar-refractivity contribution in [1.29, 1.82) is 0 Å². The van der Waals surface area contributed by atoms with Crippen molar-refractivity contribution in [1.82, 2.24) is 15.4 Å². The molecule has 116 valence electrons. The number of anilines is 1. The molecule has 3 heterocycles. The van der Waals surface area contributed by atoms with Gasteiger partial charge in [-0.05, 0) is 39.2 Å². The SMILES string of the molecule is CCN(CC(=O)Nc1cc(C)on1)C1CC2CCC(C1)N2. The Hall–Kier alpha value is -1.40. The van der Waals surface area contributed by atoms with E-state index in [2.05, 4.69) is 27.6 Å². The maximum absolute atomic E-state index is 12.2. The van der Waals surface area contributed by atoms with Gasteiger partial charge in [0.05, 0.1) is 6.54 Å². The smallest absolute Gasteiger partial charge is 0.239 e. The summed E-state index contributed by atoms with van der Waals surface area (Å²) in [6.45, 7) is 5.26. The number of nitrogens with one attached hydrogen (secondary N) is 2. The number of hydrogen-bond acceptors (Lipinski definition) is 5. The lowest BCUT2D eigenvalue weighted by Gasteiger charge is -2.36. The molecule has 21 heavy (non-hydrogen) atoms. The first-order valence-electron chi connectivity index (χ1n) is 7.87. The topological polar surface area (TPSA) is 70.4 Å². The third-order valence-corrected chi connectivity index (χ3v) is 4.61. The summed E-state index contributed by atoms with van der Waals surface area (Å²) in [6, 6.07) is 3.53. The summed E-state index contributed by atoms with van der Waals surface area (Å²) in [5.41, 5.74) is 0. The van der Waals surface area contributed by atoms with E-state index < -0.39 is 0 Å². The van der Waals surface area contributed by atoms with E-state index in [1.807, 2.05) is 6.92 Å². The lowest BCUT2D eigenvalue weighted by Crippen LogP contribution is -2.50. The molecule has 2 N–H and O–H groups in total. The quantitative estimate of drug-likeness (QED) is 0.861.